The molecule has 0 saturated carbocycles. The van der Waals surface area contributed by atoms with E-state index in [0.717, 1.165) is 61.1 Å². The van der Waals surface area contributed by atoms with Gasteiger partial charge in [-0.15, -0.1) is 0 Å². The molecule has 1 atom stereocenters. The molecule has 1 aromatic heterocycles. The lowest BCUT2D eigenvalue weighted by Crippen LogP contribution is -2.48. The minimum Gasteiger partial charge on any atom is -0.345 e. The number of aromatic amines is 1. The highest BCUT2D eigenvalue weighted by atomic mass is 32.2. The van der Waals surface area contributed by atoms with Crippen molar-refractivity contribution < 1.29 is 18.0 Å². The van der Waals surface area contributed by atoms with Crippen LogP contribution in [-0.4, -0.2) is 78.5 Å². The molecule has 2 heterocycles. The number of H-pyrrole nitrogens is 1. The van der Waals surface area contributed by atoms with E-state index in [2.05, 4.69) is 32.3 Å². The van der Waals surface area contributed by atoms with E-state index in [0.29, 0.717) is 12.1 Å². The van der Waals surface area contributed by atoms with E-state index in [4.69, 9.17) is 0 Å². The molecule has 1 fully saturated rings. The standard InChI is InChI=1S/C33H39N5O4S/c1-3-38(32(39)21-24-9-12-28(13-10-24)43(2,41)42)27-15-18-37(19-16-27)20-17-29(25-7-5-4-6-8-25)36-33(40)26-11-14-30-31(22-26)35-23-34-30/h4-14,22-23,27,29H,3,15-21H2,1-2H3,(H,34,35)(H,36,40)/t29-/m0/s1. The first-order valence-electron chi connectivity index (χ1n) is 14.8. The summed E-state index contributed by atoms with van der Waals surface area (Å²) in [5, 5.41) is 3.25. The molecule has 5 rings (SSSR count). The molecular weight excluding hydrogens is 562 g/mol. The molecule has 10 heteroatoms. The number of benzene rings is 3. The van der Waals surface area contributed by atoms with E-state index in [1.807, 2.05) is 42.2 Å². The van der Waals surface area contributed by atoms with Crippen LogP contribution < -0.4 is 5.32 Å². The van der Waals surface area contributed by atoms with E-state index in [-0.39, 0.29) is 35.2 Å². The summed E-state index contributed by atoms with van der Waals surface area (Å²) in [5.41, 5.74) is 4.13. The predicted molar refractivity (Wildman–Crippen MR) is 167 cm³/mol. The minimum atomic E-state index is -3.27. The number of carbonyl (C=O) groups is 2. The molecular formula is C33H39N5O4S. The van der Waals surface area contributed by atoms with Crippen molar-refractivity contribution in [2.24, 2.45) is 0 Å². The first-order chi connectivity index (χ1) is 20.7. The second kappa shape index (κ2) is 13.5. The molecule has 4 aromatic rings. The Kier molecular flexibility index (Phi) is 9.57. The summed E-state index contributed by atoms with van der Waals surface area (Å²) in [6, 6.07) is 22.2. The molecule has 1 aliphatic rings. The number of likely N-dealkylation sites (N-methyl/N-ethyl adjacent to an activating group) is 1. The van der Waals surface area contributed by atoms with Crippen LogP contribution in [0.3, 0.4) is 0 Å². The SMILES string of the molecule is CCN(C(=O)Cc1ccc(S(C)(=O)=O)cc1)C1CCN(CC[C@H](NC(=O)c2ccc3nc[nH]c3c2)c2ccccc2)CC1. The number of likely N-dealkylation sites (tertiary alicyclic amines) is 1. The van der Waals surface area contributed by atoms with E-state index in [9.17, 15) is 18.0 Å². The number of rotatable bonds is 11. The van der Waals surface area contributed by atoms with Gasteiger partial charge in [0.05, 0.1) is 34.7 Å². The lowest BCUT2D eigenvalue weighted by atomic mass is 9.99. The third-order valence-electron chi connectivity index (χ3n) is 8.29. The number of carbonyl (C=O) groups excluding carboxylic acids is 2. The fourth-order valence-corrected chi connectivity index (χ4v) is 6.49. The zero-order valence-electron chi connectivity index (χ0n) is 24.7. The van der Waals surface area contributed by atoms with Crippen LogP contribution in [0.15, 0.2) is 84.0 Å². The van der Waals surface area contributed by atoms with Crippen LogP contribution in [0.2, 0.25) is 0 Å². The normalized spacial score (nSPS) is 15.3. The fourth-order valence-electron chi connectivity index (χ4n) is 5.86. The number of aromatic nitrogens is 2. The van der Waals surface area contributed by atoms with Gasteiger partial charge >= 0.3 is 0 Å². The van der Waals surface area contributed by atoms with Gasteiger partial charge in [0.25, 0.3) is 5.91 Å². The van der Waals surface area contributed by atoms with Crippen molar-refractivity contribution in [2.75, 3.05) is 32.4 Å². The first-order valence-corrected chi connectivity index (χ1v) is 16.7. The summed E-state index contributed by atoms with van der Waals surface area (Å²) in [5.74, 6) is -0.0552. The monoisotopic (exact) mass is 601 g/mol. The molecule has 2 N–H and O–H groups in total. The van der Waals surface area contributed by atoms with Crippen molar-refractivity contribution in [2.45, 2.75) is 49.6 Å². The highest BCUT2D eigenvalue weighted by Gasteiger charge is 2.28. The zero-order valence-corrected chi connectivity index (χ0v) is 25.5. The van der Waals surface area contributed by atoms with Gasteiger partial charge in [-0.05, 0) is 67.6 Å². The summed E-state index contributed by atoms with van der Waals surface area (Å²) < 4.78 is 23.5. The summed E-state index contributed by atoms with van der Waals surface area (Å²) >= 11 is 0. The number of fused-ring (bicyclic) bond motifs is 1. The van der Waals surface area contributed by atoms with Gasteiger partial charge in [0.1, 0.15) is 0 Å². The Labute approximate surface area is 253 Å². The number of imidazole rings is 1. The molecule has 0 spiro atoms. The summed E-state index contributed by atoms with van der Waals surface area (Å²) in [6.45, 7) is 5.23. The fraction of sp³-hybridized carbons (Fsp3) is 0.364. The Bertz CT molecular complexity index is 1650. The van der Waals surface area contributed by atoms with Gasteiger partial charge in [0.2, 0.25) is 5.91 Å². The topological polar surface area (TPSA) is 115 Å². The quantitative estimate of drug-likeness (QED) is 0.264. The largest absolute Gasteiger partial charge is 0.345 e. The van der Waals surface area contributed by atoms with Gasteiger partial charge in [-0.1, -0.05) is 42.5 Å². The van der Waals surface area contributed by atoms with E-state index >= 15 is 0 Å². The maximum atomic E-state index is 13.2. The Morgan fingerprint density at radius 2 is 1.77 bits per heavy atom. The Hall–Kier alpha value is -4.02. The summed E-state index contributed by atoms with van der Waals surface area (Å²) in [7, 11) is -3.27. The molecule has 0 aliphatic carbocycles. The third-order valence-corrected chi connectivity index (χ3v) is 9.42. The van der Waals surface area contributed by atoms with Crippen molar-refractivity contribution >= 4 is 32.7 Å². The molecule has 0 unspecified atom stereocenters. The van der Waals surface area contributed by atoms with Gasteiger partial charge in [-0.3, -0.25) is 9.59 Å². The number of amides is 2. The van der Waals surface area contributed by atoms with Crippen LogP contribution in [-0.2, 0) is 21.1 Å². The highest BCUT2D eigenvalue weighted by Crippen LogP contribution is 2.23. The van der Waals surface area contributed by atoms with Crippen molar-refractivity contribution in [3.05, 3.63) is 95.8 Å². The molecule has 43 heavy (non-hydrogen) atoms. The number of hydrogen-bond acceptors (Lipinski definition) is 6. The molecule has 2 amide bonds. The highest BCUT2D eigenvalue weighted by molar-refractivity contribution is 7.90. The van der Waals surface area contributed by atoms with Crippen molar-refractivity contribution in [1.82, 2.24) is 25.1 Å². The van der Waals surface area contributed by atoms with Crippen LogP contribution in [0, 0.1) is 0 Å². The lowest BCUT2D eigenvalue weighted by Gasteiger charge is -2.38. The number of sulfone groups is 1. The maximum Gasteiger partial charge on any atom is 0.251 e. The Morgan fingerprint density at radius 3 is 2.44 bits per heavy atom. The first kappa shape index (κ1) is 30.4. The van der Waals surface area contributed by atoms with Crippen LogP contribution in [0.1, 0.15) is 53.7 Å². The van der Waals surface area contributed by atoms with Crippen molar-refractivity contribution in [3.8, 4) is 0 Å². The number of hydrogen-bond donors (Lipinski definition) is 2. The average Bonchev–Trinajstić information content (AvgIpc) is 3.49. The van der Waals surface area contributed by atoms with Crippen molar-refractivity contribution in [1.29, 1.82) is 0 Å². The lowest BCUT2D eigenvalue weighted by molar-refractivity contribution is -0.133. The molecule has 3 aromatic carbocycles. The van der Waals surface area contributed by atoms with Crippen LogP contribution in [0.25, 0.3) is 11.0 Å². The minimum absolute atomic E-state index is 0.0632. The van der Waals surface area contributed by atoms with Crippen LogP contribution in [0.4, 0.5) is 0 Å². The van der Waals surface area contributed by atoms with Gasteiger partial charge in [0.15, 0.2) is 9.84 Å². The number of nitrogens with one attached hydrogen (secondary N) is 2. The van der Waals surface area contributed by atoms with E-state index in [1.165, 1.54) is 6.26 Å². The van der Waals surface area contributed by atoms with Gasteiger partial charge in [-0.2, -0.15) is 0 Å². The molecule has 9 nitrogen and oxygen atoms in total. The maximum absolute atomic E-state index is 13.2. The predicted octanol–water partition coefficient (Wildman–Crippen LogP) is 4.38. The molecule has 0 radical (unpaired) electrons. The van der Waals surface area contributed by atoms with Gasteiger partial charge in [0, 0.05) is 44.0 Å². The molecule has 1 aliphatic heterocycles. The molecule has 226 valence electrons. The smallest absolute Gasteiger partial charge is 0.251 e. The summed E-state index contributed by atoms with van der Waals surface area (Å²) in [6.07, 6.45) is 5.60. The Morgan fingerprint density at radius 1 is 1.05 bits per heavy atom. The third kappa shape index (κ3) is 7.69. The second-order valence-electron chi connectivity index (χ2n) is 11.2. The molecule has 0 bridgehead atoms. The van der Waals surface area contributed by atoms with Gasteiger partial charge < -0.3 is 20.1 Å². The van der Waals surface area contributed by atoms with Crippen molar-refractivity contribution in [3.63, 3.8) is 0 Å². The van der Waals surface area contributed by atoms with E-state index in [1.54, 1.807) is 36.7 Å². The van der Waals surface area contributed by atoms with Crippen LogP contribution in [0.5, 0.6) is 0 Å². The zero-order chi connectivity index (χ0) is 30.4. The Balaban J connectivity index is 1.16. The number of nitrogens with zero attached hydrogens (tertiary/aromatic N) is 3. The number of piperidine rings is 1. The average molecular weight is 602 g/mol. The molecule has 1 saturated heterocycles. The van der Waals surface area contributed by atoms with Crippen LogP contribution >= 0.6 is 0 Å². The van der Waals surface area contributed by atoms with Gasteiger partial charge in [-0.25, -0.2) is 13.4 Å². The van der Waals surface area contributed by atoms with E-state index < -0.39 is 9.84 Å². The second-order valence-corrected chi connectivity index (χ2v) is 13.2. The summed E-state index contributed by atoms with van der Waals surface area (Å²) in [4.78, 5) is 38.4.